The largest absolute Gasteiger partial charge is 0.484 e. The third-order valence-electron chi connectivity index (χ3n) is 5.14. The van der Waals surface area contributed by atoms with Gasteiger partial charge in [-0.2, -0.15) is 0 Å². The number of hydrogen-bond acceptors (Lipinski definition) is 4. The molecule has 0 radical (unpaired) electrons. The molecule has 0 bridgehead atoms. The Balaban J connectivity index is 1.37. The van der Waals surface area contributed by atoms with Crippen LogP contribution < -0.4 is 20.7 Å². The molecule has 0 aliphatic heterocycles. The van der Waals surface area contributed by atoms with Crippen LogP contribution in [0.3, 0.4) is 0 Å². The van der Waals surface area contributed by atoms with E-state index in [0.29, 0.717) is 24.8 Å². The van der Waals surface area contributed by atoms with Crippen LogP contribution in [0.2, 0.25) is 0 Å². The lowest BCUT2D eigenvalue weighted by molar-refractivity contribution is -0.123. The van der Waals surface area contributed by atoms with E-state index in [9.17, 15) is 9.90 Å². The minimum Gasteiger partial charge on any atom is -0.484 e. The molecule has 1 aliphatic carbocycles. The fraction of sp³-hybridized carbons (Fsp3) is 0.440. The summed E-state index contributed by atoms with van der Waals surface area (Å²) in [4.78, 5) is 16.3. The second-order valence-corrected chi connectivity index (χ2v) is 7.93. The molecule has 2 aromatic carbocycles. The van der Waals surface area contributed by atoms with Crippen molar-refractivity contribution in [3.63, 3.8) is 0 Å². The van der Waals surface area contributed by atoms with Gasteiger partial charge in [0, 0.05) is 25.7 Å². The van der Waals surface area contributed by atoms with Crippen LogP contribution >= 0.6 is 0 Å². The number of nitrogens with zero attached hydrogens (tertiary/aromatic N) is 1. The minimum absolute atomic E-state index is 0.0544. The number of benzene rings is 2. The Hall–Kier alpha value is -3.06. The van der Waals surface area contributed by atoms with Crippen LogP contribution in [0.15, 0.2) is 59.6 Å². The van der Waals surface area contributed by atoms with Gasteiger partial charge in [0.05, 0.1) is 6.10 Å². The summed E-state index contributed by atoms with van der Waals surface area (Å²) < 4.78 is 5.54. The van der Waals surface area contributed by atoms with E-state index in [-0.39, 0.29) is 12.5 Å². The van der Waals surface area contributed by atoms with Gasteiger partial charge in [-0.25, -0.2) is 0 Å². The van der Waals surface area contributed by atoms with Crippen molar-refractivity contribution in [3.05, 3.63) is 65.7 Å². The number of aliphatic hydroxyl groups excluding tert-OH is 1. The number of ether oxygens (including phenoxy) is 1. The third-order valence-corrected chi connectivity index (χ3v) is 5.14. The van der Waals surface area contributed by atoms with Crippen molar-refractivity contribution in [2.24, 2.45) is 4.99 Å². The van der Waals surface area contributed by atoms with Gasteiger partial charge in [0.15, 0.2) is 12.6 Å². The van der Waals surface area contributed by atoms with E-state index in [2.05, 4.69) is 20.9 Å². The average molecular weight is 439 g/mol. The van der Waals surface area contributed by atoms with Gasteiger partial charge in [-0.1, -0.05) is 42.5 Å². The number of nitrogens with one attached hydrogen (secondary N) is 3. The number of hydrogen-bond donors (Lipinski definition) is 4. The lowest BCUT2D eigenvalue weighted by Crippen LogP contribution is -2.38. The molecule has 3 rings (SSSR count). The summed E-state index contributed by atoms with van der Waals surface area (Å²) in [5, 5.41) is 19.8. The van der Waals surface area contributed by atoms with Crippen molar-refractivity contribution in [3.8, 4) is 5.75 Å². The van der Waals surface area contributed by atoms with Gasteiger partial charge in [0.25, 0.3) is 5.91 Å². The molecular formula is C25H34N4O3. The van der Waals surface area contributed by atoms with Crippen LogP contribution in [-0.2, 0) is 11.2 Å². The topological polar surface area (TPSA) is 95.0 Å². The monoisotopic (exact) mass is 438 g/mol. The fourth-order valence-electron chi connectivity index (χ4n) is 3.21. The number of carbonyl (C=O) groups excluding carboxylic acids is 1. The van der Waals surface area contributed by atoms with E-state index in [1.165, 1.54) is 5.56 Å². The van der Waals surface area contributed by atoms with Crippen molar-refractivity contribution in [2.75, 3.05) is 26.2 Å². The summed E-state index contributed by atoms with van der Waals surface area (Å²) >= 11 is 0. The van der Waals surface area contributed by atoms with Crippen LogP contribution in [0.5, 0.6) is 5.75 Å². The molecule has 32 heavy (non-hydrogen) atoms. The Labute approximate surface area is 190 Å². The molecule has 1 atom stereocenters. The van der Waals surface area contributed by atoms with E-state index in [1.807, 2.05) is 61.5 Å². The van der Waals surface area contributed by atoms with Crippen LogP contribution in [-0.4, -0.2) is 49.3 Å². The molecule has 1 saturated carbocycles. The minimum atomic E-state index is -0.511. The summed E-state index contributed by atoms with van der Waals surface area (Å²) in [6, 6.07) is 17.8. The van der Waals surface area contributed by atoms with Gasteiger partial charge in [-0.15, -0.1) is 0 Å². The van der Waals surface area contributed by atoms with Crippen molar-refractivity contribution < 1.29 is 14.6 Å². The molecule has 1 unspecified atom stereocenters. The second kappa shape index (κ2) is 12.7. The molecule has 7 nitrogen and oxygen atoms in total. The van der Waals surface area contributed by atoms with E-state index in [4.69, 9.17) is 4.74 Å². The zero-order valence-electron chi connectivity index (χ0n) is 18.7. The van der Waals surface area contributed by atoms with Crippen LogP contribution in [0.1, 0.15) is 43.4 Å². The molecule has 1 fully saturated rings. The Morgan fingerprint density at radius 1 is 1.12 bits per heavy atom. The standard InChI is InChI=1S/C25H34N4O3/c1-2-26-25(28-17-15-23(30)20-6-4-3-5-7-20)27-16-14-19-8-12-22(13-9-19)32-18-24(31)29-21-10-11-21/h3-9,12-13,21,23,30H,2,10-11,14-18H2,1H3,(H,29,31)(H2,26,27,28). The summed E-state index contributed by atoms with van der Waals surface area (Å²) in [5.41, 5.74) is 2.08. The number of carbonyl (C=O) groups is 1. The predicted octanol–water partition coefficient (Wildman–Crippen LogP) is 2.57. The zero-order chi connectivity index (χ0) is 22.6. The number of rotatable bonds is 12. The summed E-state index contributed by atoms with van der Waals surface area (Å²) in [7, 11) is 0. The zero-order valence-corrected chi connectivity index (χ0v) is 18.7. The number of amides is 1. The SMILES string of the molecule is CCNC(=NCCC(O)c1ccccc1)NCCc1ccc(OCC(=O)NC2CC2)cc1. The Morgan fingerprint density at radius 3 is 2.56 bits per heavy atom. The van der Waals surface area contributed by atoms with Gasteiger partial charge in [-0.3, -0.25) is 9.79 Å². The predicted molar refractivity (Wildman–Crippen MR) is 127 cm³/mol. The average Bonchev–Trinajstić information content (AvgIpc) is 3.63. The highest BCUT2D eigenvalue weighted by Crippen LogP contribution is 2.18. The molecule has 172 valence electrons. The normalized spacial score (nSPS) is 14.5. The highest BCUT2D eigenvalue weighted by molar-refractivity contribution is 5.79. The molecule has 1 aliphatic rings. The van der Waals surface area contributed by atoms with E-state index >= 15 is 0 Å². The summed E-state index contributed by atoms with van der Waals surface area (Å²) in [6.07, 6.45) is 3.04. The molecule has 2 aromatic rings. The first kappa shape index (κ1) is 23.6. The van der Waals surface area contributed by atoms with Crippen molar-refractivity contribution in [1.82, 2.24) is 16.0 Å². The Kier molecular flexibility index (Phi) is 9.37. The maximum Gasteiger partial charge on any atom is 0.258 e. The maximum absolute atomic E-state index is 11.7. The molecule has 0 saturated heterocycles. The number of guanidine groups is 1. The Bertz CT molecular complexity index is 851. The van der Waals surface area contributed by atoms with Crippen molar-refractivity contribution in [2.45, 2.75) is 44.8 Å². The molecule has 0 aromatic heterocycles. The van der Waals surface area contributed by atoms with E-state index in [0.717, 1.165) is 43.9 Å². The van der Waals surface area contributed by atoms with Gasteiger partial charge in [0.2, 0.25) is 0 Å². The van der Waals surface area contributed by atoms with E-state index in [1.54, 1.807) is 0 Å². The first-order valence-corrected chi connectivity index (χ1v) is 11.4. The molecule has 7 heteroatoms. The molecule has 4 N–H and O–H groups in total. The first-order valence-electron chi connectivity index (χ1n) is 11.4. The highest BCUT2D eigenvalue weighted by Gasteiger charge is 2.23. The van der Waals surface area contributed by atoms with Crippen molar-refractivity contribution >= 4 is 11.9 Å². The van der Waals surface area contributed by atoms with Gasteiger partial charge >= 0.3 is 0 Å². The van der Waals surface area contributed by atoms with Crippen molar-refractivity contribution in [1.29, 1.82) is 0 Å². The first-order chi connectivity index (χ1) is 15.6. The van der Waals surface area contributed by atoms with Crippen LogP contribution in [0, 0.1) is 0 Å². The molecular weight excluding hydrogens is 404 g/mol. The second-order valence-electron chi connectivity index (χ2n) is 7.93. The van der Waals surface area contributed by atoms with Gasteiger partial charge in [0.1, 0.15) is 5.75 Å². The molecule has 0 spiro atoms. The van der Waals surface area contributed by atoms with Crippen LogP contribution in [0.25, 0.3) is 0 Å². The fourth-order valence-corrected chi connectivity index (χ4v) is 3.21. The smallest absolute Gasteiger partial charge is 0.258 e. The summed E-state index contributed by atoms with van der Waals surface area (Å²) in [5.74, 6) is 1.38. The maximum atomic E-state index is 11.7. The summed E-state index contributed by atoms with van der Waals surface area (Å²) in [6.45, 7) is 4.12. The van der Waals surface area contributed by atoms with Gasteiger partial charge in [-0.05, 0) is 55.9 Å². The lowest BCUT2D eigenvalue weighted by atomic mass is 10.1. The van der Waals surface area contributed by atoms with Gasteiger partial charge < -0.3 is 25.8 Å². The van der Waals surface area contributed by atoms with E-state index < -0.39 is 6.10 Å². The highest BCUT2D eigenvalue weighted by atomic mass is 16.5. The third kappa shape index (κ3) is 8.59. The molecule has 1 amide bonds. The van der Waals surface area contributed by atoms with Crippen LogP contribution in [0.4, 0.5) is 0 Å². The number of aliphatic hydroxyl groups is 1. The number of aliphatic imine (C=N–C) groups is 1. The quantitative estimate of drug-likeness (QED) is 0.302. The molecule has 0 heterocycles. The Morgan fingerprint density at radius 2 is 1.88 bits per heavy atom. The lowest BCUT2D eigenvalue weighted by Gasteiger charge is -2.13.